The fourth-order valence-electron chi connectivity index (χ4n) is 3.82. The van der Waals surface area contributed by atoms with Gasteiger partial charge in [0, 0.05) is 40.2 Å². The van der Waals surface area contributed by atoms with E-state index in [0.29, 0.717) is 17.1 Å². The van der Waals surface area contributed by atoms with Gasteiger partial charge in [0.25, 0.3) is 11.8 Å². The normalized spacial score (nSPS) is 19.1. The van der Waals surface area contributed by atoms with Gasteiger partial charge in [-0.15, -0.1) is 34.4 Å². The lowest BCUT2D eigenvalue weighted by Gasteiger charge is -2.49. The van der Waals surface area contributed by atoms with Crippen LogP contribution in [0.25, 0.3) is 11.3 Å². The summed E-state index contributed by atoms with van der Waals surface area (Å²) in [5.41, 5.74) is 7.98. The highest BCUT2D eigenvalue weighted by Gasteiger charge is 2.54. The van der Waals surface area contributed by atoms with E-state index in [1.165, 1.54) is 46.9 Å². The smallest absolute Gasteiger partial charge is 0.352 e. The Morgan fingerprint density at radius 3 is 2.87 bits per heavy atom. The molecular weight excluding hydrogens is 571 g/mol. The van der Waals surface area contributed by atoms with Crippen LogP contribution in [0.1, 0.15) is 5.69 Å². The van der Waals surface area contributed by atoms with Crippen molar-refractivity contribution in [1.29, 1.82) is 0 Å². The van der Waals surface area contributed by atoms with Crippen LogP contribution in [0.4, 0.5) is 5.13 Å². The summed E-state index contributed by atoms with van der Waals surface area (Å²) in [6.07, 6.45) is 3.42. The number of carbonyl (C=O) groups is 3. The van der Waals surface area contributed by atoms with Crippen molar-refractivity contribution in [2.75, 3.05) is 24.3 Å². The van der Waals surface area contributed by atoms with Gasteiger partial charge in [0.05, 0.1) is 5.69 Å². The van der Waals surface area contributed by atoms with Crippen LogP contribution in [0.15, 0.2) is 56.1 Å². The zero-order valence-corrected chi connectivity index (χ0v) is 22.8. The number of hydrogen-bond donors (Lipinski definition) is 3. The van der Waals surface area contributed by atoms with E-state index in [0.717, 1.165) is 26.9 Å². The molecule has 0 unspecified atom stereocenters. The van der Waals surface area contributed by atoms with E-state index in [-0.39, 0.29) is 22.2 Å². The number of β-lactam (4-membered cyclic amide) rings is 1. The van der Waals surface area contributed by atoms with Crippen molar-refractivity contribution in [1.82, 2.24) is 25.2 Å². The Bertz CT molecular complexity index is 1450. The van der Waals surface area contributed by atoms with Crippen molar-refractivity contribution in [3.8, 4) is 11.3 Å². The number of carbonyl (C=O) groups excluding carboxylic acids is 2. The van der Waals surface area contributed by atoms with Crippen LogP contribution in [-0.2, 0) is 19.2 Å². The molecule has 2 atom stereocenters. The van der Waals surface area contributed by atoms with Crippen molar-refractivity contribution in [2.45, 2.75) is 15.8 Å². The minimum Gasteiger partial charge on any atom is -0.477 e. The van der Waals surface area contributed by atoms with Crippen molar-refractivity contribution < 1.29 is 24.3 Å². The third-order valence-corrected chi connectivity index (χ3v) is 9.63. The summed E-state index contributed by atoms with van der Waals surface area (Å²) in [5, 5.41) is 19.5. The van der Waals surface area contributed by atoms with Crippen LogP contribution < -0.4 is 11.1 Å². The lowest BCUT2D eigenvalue weighted by Crippen LogP contribution is -2.71. The highest BCUT2D eigenvalue weighted by Crippen LogP contribution is 2.42. The third-order valence-electron chi connectivity index (χ3n) is 5.51. The number of nitrogen functional groups attached to an aromatic ring is 1. The van der Waals surface area contributed by atoms with E-state index in [1.54, 1.807) is 17.8 Å². The van der Waals surface area contributed by atoms with Crippen LogP contribution >= 0.6 is 46.2 Å². The van der Waals surface area contributed by atoms with Crippen LogP contribution in [0.3, 0.4) is 0 Å². The van der Waals surface area contributed by atoms with Gasteiger partial charge >= 0.3 is 5.97 Å². The topological polar surface area (TPSA) is 173 Å². The number of rotatable bonds is 9. The Morgan fingerprint density at radius 1 is 1.34 bits per heavy atom. The number of nitrogens with one attached hydrogen (secondary N) is 1. The first-order valence-electron chi connectivity index (χ1n) is 10.9. The first-order valence-corrected chi connectivity index (χ1v) is 14.7. The molecule has 1 fully saturated rings. The molecular formula is C22H19N7O5S4. The number of aliphatic carboxylic acids is 1. The Balaban J connectivity index is 1.28. The number of nitrogens with two attached hydrogens (primary N) is 1. The van der Waals surface area contributed by atoms with Gasteiger partial charge in [-0.25, -0.2) is 14.8 Å². The molecule has 0 bridgehead atoms. The lowest BCUT2D eigenvalue weighted by atomic mass is 10.0. The summed E-state index contributed by atoms with van der Waals surface area (Å²) < 4.78 is 0.779. The quantitative estimate of drug-likeness (QED) is 0.144. The Kier molecular flexibility index (Phi) is 7.64. The molecule has 12 nitrogen and oxygen atoms in total. The summed E-state index contributed by atoms with van der Waals surface area (Å²) >= 11 is 5.38. The number of fused-ring (bicyclic) bond motifs is 1. The summed E-state index contributed by atoms with van der Waals surface area (Å²) in [7, 11) is 1.28. The van der Waals surface area contributed by atoms with Gasteiger partial charge in [0.15, 0.2) is 15.2 Å². The highest BCUT2D eigenvalue weighted by atomic mass is 32.2. The molecule has 0 spiro atoms. The average Bonchev–Trinajstić information content (AvgIpc) is 3.58. The molecule has 3 aromatic rings. The number of pyridine rings is 1. The van der Waals surface area contributed by atoms with Gasteiger partial charge in [-0.3, -0.25) is 19.5 Å². The van der Waals surface area contributed by atoms with Gasteiger partial charge in [-0.2, -0.15) is 0 Å². The molecule has 4 N–H and O–H groups in total. The number of nitrogens with zero attached hydrogens (tertiary/aromatic N) is 5. The van der Waals surface area contributed by atoms with E-state index < -0.39 is 29.2 Å². The first-order chi connectivity index (χ1) is 18.4. The van der Waals surface area contributed by atoms with Crippen LogP contribution in [0.2, 0.25) is 0 Å². The van der Waals surface area contributed by atoms with Crippen LogP contribution in [0, 0.1) is 0 Å². The number of carboxylic acids is 1. The predicted molar refractivity (Wildman–Crippen MR) is 146 cm³/mol. The summed E-state index contributed by atoms with van der Waals surface area (Å²) in [6, 6.07) is 2.83. The second-order valence-electron chi connectivity index (χ2n) is 7.84. The van der Waals surface area contributed by atoms with Gasteiger partial charge in [-0.1, -0.05) is 16.9 Å². The Hall–Kier alpha value is -3.47. The van der Waals surface area contributed by atoms with Crippen LogP contribution in [-0.4, -0.2) is 78.5 Å². The fraction of sp³-hybridized carbons (Fsp3) is 0.227. The third kappa shape index (κ3) is 5.11. The average molecular weight is 590 g/mol. The monoisotopic (exact) mass is 589 g/mol. The lowest BCUT2D eigenvalue weighted by molar-refractivity contribution is -0.150. The molecule has 5 heterocycles. The zero-order chi connectivity index (χ0) is 26.8. The Morgan fingerprint density at radius 2 is 2.18 bits per heavy atom. The first kappa shape index (κ1) is 26.1. The molecule has 2 aliphatic rings. The maximum atomic E-state index is 13.0. The second kappa shape index (κ2) is 11.1. The number of amides is 2. The number of thioether (sulfide) groups is 2. The molecule has 0 aliphatic carbocycles. The molecule has 3 aromatic heterocycles. The zero-order valence-electron chi connectivity index (χ0n) is 19.6. The maximum Gasteiger partial charge on any atom is 0.352 e. The summed E-state index contributed by atoms with van der Waals surface area (Å²) in [6.45, 7) is 0. The molecule has 5 rings (SSSR count). The summed E-state index contributed by atoms with van der Waals surface area (Å²) in [4.78, 5) is 56.8. The SMILES string of the molecule is CON=C(C(=O)N[C@@H]1C(=O)N2C(C(=O)O)=C(CSc3nc(-c4cccnc4)cs3)CS[C@@H]12)c1csc(N)n1. The molecule has 0 aromatic carbocycles. The minimum absolute atomic E-state index is 0.0566. The maximum absolute atomic E-state index is 13.0. The van der Waals surface area contributed by atoms with Gasteiger partial charge in [0.1, 0.15) is 29.9 Å². The molecule has 38 heavy (non-hydrogen) atoms. The number of aromatic nitrogens is 3. The number of thiazole rings is 2. The van der Waals surface area contributed by atoms with Crippen LogP contribution in [0.5, 0.6) is 0 Å². The molecule has 0 radical (unpaired) electrons. The molecule has 2 aliphatic heterocycles. The van der Waals surface area contributed by atoms with Crippen molar-refractivity contribution in [3.63, 3.8) is 0 Å². The van der Waals surface area contributed by atoms with E-state index >= 15 is 0 Å². The van der Waals surface area contributed by atoms with Crippen molar-refractivity contribution in [3.05, 3.63) is 52.3 Å². The Labute approximate surface area is 232 Å². The molecule has 1 saturated heterocycles. The second-order valence-corrected chi connectivity index (χ2v) is 11.9. The number of carboxylic acid groups (broad SMARTS) is 1. The van der Waals surface area contributed by atoms with E-state index in [2.05, 4.69) is 25.4 Å². The number of oxime groups is 1. The molecule has 0 saturated carbocycles. The van der Waals surface area contributed by atoms with Crippen molar-refractivity contribution >= 4 is 74.8 Å². The van der Waals surface area contributed by atoms with E-state index in [9.17, 15) is 19.5 Å². The molecule has 196 valence electrons. The highest BCUT2D eigenvalue weighted by molar-refractivity contribution is 8.01. The number of hydrogen-bond acceptors (Lipinski definition) is 13. The largest absolute Gasteiger partial charge is 0.477 e. The standard InChI is InChI=1S/C22H19N7O5S4/c1-34-28-14(13-9-36-21(23)25-13)17(30)27-15-18(31)29-16(20(32)33)11(6-35-19(15)29)7-37-22-26-12(8-38-22)10-3-2-4-24-5-10/h2-5,8-9,15,19H,6-7H2,1H3,(H2,23,25)(H,27,30)(H,32,33)/t15-,19+/m1/s1. The van der Waals surface area contributed by atoms with Gasteiger partial charge in [0.2, 0.25) is 0 Å². The fourth-order valence-corrected chi connectivity index (χ4v) is 7.68. The van der Waals surface area contributed by atoms with Gasteiger partial charge in [-0.05, 0) is 17.7 Å². The minimum atomic E-state index is -1.20. The molecule has 2 amide bonds. The van der Waals surface area contributed by atoms with Crippen molar-refractivity contribution in [2.24, 2.45) is 5.16 Å². The number of anilines is 1. The molecule has 16 heteroatoms. The van der Waals surface area contributed by atoms with E-state index in [1.807, 2.05) is 17.5 Å². The van der Waals surface area contributed by atoms with E-state index in [4.69, 9.17) is 10.6 Å². The van der Waals surface area contributed by atoms with Gasteiger partial charge < -0.3 is 21.0 Å². The predicted octanol–water partition coefficient (Wildman–Crippen LogP) is 2.13. The summed E-state index contributed by atoms with van der Waals surface area (Å²) in [5.74, 6) is -1.64.